The van der Waals surface area contributed by atoms with E-state index >= 15 is 0 Å². The van der Waals surface area contributed by atoms with Gasteiger partial charge in [-0.05, 0) is 26.0 Å². The highest BCUT2D eigenvalue weighted by atomic mass is 16.2. The third-order valence-electron chi connectivity index (χ3n) is 1.30. The minimum absolute atomic E-state index is 0.205. The topological polar surface area (TPSA) is 68.3 Å². The number of allylic oxidation sites excluding steroid dienone is 2. The van der Waals surface area contributed by atoms with Gasteiger partial charge in [0.1, 0.15) is 11.6 Å². The molecule has 0 spiro atoms. The summed E-state index contributed by atoms with van der Waals surface area (Å²) in [6.45, 7) is 2.59. The Hall–Kier alpha value is -1.58. The molecule has 0 aliphatic rings. The van der Waals surface area contributed by atoms with Gasteiger partial charge in [-0.1, -0.05) is 0 Å². The van der Waals surface area contributed by atoms with Crippen LogP contribution < -0.4 is 0 Å². The summed E-state index contributed by atoms with van der Waals surface area (Å²) in [7, 11) is 0. The second kappa shape index (κ2) is 5.96. The lowest BCUT2D eigenvalue weighted by Crippen LogP contribution is -2.04. The molecule has 0 aromatic heterocycles. The Labute approximate surface area is 82.0 Å². The van der Waals surface area contributed by atoms with Crippen molar-refractivity contribution in [3.8, 4) is 0 Å². The summed E-state index contributed by atoms with van der Waals surface area (Å²) in [4.78, 5) is 42.8. The molecule has 76 valence electrons. The molecule has 14 heavy (non-hydrogen) atoms. The third kappa shape index (κ3) is 7.09. The maximum atomic E-state index is 10.9. The number of Topliss-reactive ketones (excluding diaryl/α,β-unsaturated/α-hetero) is 2. The van der Waals surface area contributed by atoms with Crippen molar-refractivity contribution in [1.29, 1.82) is 0 Å². The molecule has 0 saturated carbocycles. The highest BCUT2D eigenvalue weighted by Gasteiger charge is 2.04. The Morgan fingerprint density at radius 1 is 0.786 bits per heavy atom. The zero-order valence-corrected chi connectivity index (χ0v) is 8.20. The van der Waals surface area contributed by atoms with Crippen molar-refractivity contribution in [2.24, 2.45) is 0 Å². The van der Waals surface area contributed by atoms with Gasteiger partial charge in [0.15, 0.2) is 11.6 Å². The molecular formula is C10H12O4. The van der Waals surface area contributed by atoms with Gasteiger partial charge >= 0.3 is 0 Å². The molecule has 0 saturated heterocycles. The van der Waals surface area contributed by atoms with Gasteiger partial charge in [0.05, 0.1) is 12.8 Å². The Morgan fingerprint density at radius 2 is 1.07 bits per heavy atom. The molecule has 0 fully saturated rings. The summed E-state index contributed by atoms with van der Waals surface area (Å²) >= 11 is 0. The number of carbonyl (C=O) groups is 4. The fourth-order valence-electron chi connectivity index (χ4n) is 0.794. The first-order chi connectivity index (χ1) is 6.41. The number of carbonyl (C=O) groups excluding carboxylic acids is 4. The van der Waals surface area contributed by atoms with Crippen LogP contribution >= 0.6 is 0 Å². The van der Waals surface area contributed by atoms with Crippen LogP contribution in [0.2, 0.25) is 0 Å². The van der Waals surface area contributed by atoms with Crippen LogP contribution in [0.4, 0.5) is 0 Å². The maximum Gasteiger partial charge on any atom is 0.163 e. The minimum atomic E-state index is -0.422. The number of rotatable bonds is 6. The van der Waals surface area contributed by atoms with Gasteiger partial charge in [0.25, 0.3) is 0 Å². The van der Waals surface area contributed by atoms with E-state index in [1.165, 1.54) is 13.8 Å². The Morgan fingerprint density at radius 3 is 1.29 bits per heavy atom. The number of ketones is 4. The average Bonchev–Trinajstić information content (AvgIpc) is 1.98. The van der Waals surface area contributed by atoms with Crippen LogP contribution in [0, 0.1) is 0 Å². The summed E-state index contributed by atoms with van der Waals surface area (Å²) in [6, 6.07) is 0. The predicted octanol–water partition coefficient (Wildman–Crippen LogP) is 0.639. The summed E-state index contributed by atoms with van der Waals surface area (Å²) in [5.74, 6) is -1.35. The molecule has 0 radical (unpaired) electrons. The zero-order chi connectivity index (χ0) is 11.1. The van der Waals surface area contributed by atoms with E-state index in [2.05, 4.69) is 0 Å². The van der Waals surface area contributed by atoms with E-state index in [-0.39, 0.29) is 24.4 Å². The molecule has 0 aromatic rings. The van der Waals surface area contributed by atoms with Gasteiger partial charge < -0.3 is 0 Å². The van der Waals surface area contributed by atoms with E-state index in [1.807, 2.05) is 0 Å². The molecular weight excluding hydrogens is 184 g/mol. The van der Waals surface area contributed by atoms with E-state index < -0.39 is 11.6 Å². The van der Waals surface area contributed by atoms with Crippen molar-refractivity contribution in [3.05, 3.63) is 12.2 Å². The van der Waals surface area contributed by atoms with Crippen molar-refractivity contribution in [2.45, 2.75) is 26.7 Å². The largest absolute Gasteiger partial charge is 0.300 e. The zero-order valence-electron chi connectivity index (χ0n) is 8.20. The van der Waals surface area contributed by atoms with E-state index in [0.29, 0.717) is 0 Å². The average molecular weight is 196 g/mol. The predicted molar refractivity (Wildman–Crippen MR) is 49.8 cm³/mol. The summed E-state index contributed by atoms with van der Waals surface area (Å²) < 4.78 is 0. The quantitative estimate of drug-likeness (QED) is 0.461. The standard InChI is InChI=1S/C10H12O4/c1-7(11)5-9(13)3-4-10(14)6-8(2)12/h3-4H,5-6H2,1-2H3/b4-3+. The Bertz CT molecular complexity index is 269. The van der Waals surface area contributed by atoms with Crippen LogP contribution in [-0.2, 0) is 19.2 Å². The van der Waals surface area contributed by atoms with Crippen molar-refractivity contribution in [3.63, 3.8) is 0 Å². The van der Waals surface area contributed by atoms with Gasteiger partial charge in [-0.15, -0.1) is 0 Å². The fraction of sp³-hybridized carbons (Fsp3) is 0.400. The van der Waals surface area contributed by atoms with Crippen molar-refractivity contribution >= 4 is 23.1 Å². The molecule has 0 aliphatic heterocycles. The van der Waals surface area contributed by atoms with E-state index in [1.54, 1.807) is 0 Å². The molecule has 4 heteroatoms. The normalized spacial score (nSPS) is 10.1. The lowest BCUT2D eigenvalue weighted by atomic mass is 10.1. The van der Waals surface area contributed by atoms with E-state index in [0.717, 1.165) is 12.2 Å². The monoisotopic (exact) mass is 196 g/mol. The first-order valence-electron chi connectivity index (χ1n) is 4.14. The minimum Gasteiger partial charge on any atom is -0.300 e. The van der Waals surface area contributed by atoms with Crippen LogP contribution in [0.5, 0.6) is 0 Å². The van der Waals surface area contributed by atoms with Crippen LogP contribution in [0.25, 0.3) is 0 Å². The molecule has 0 atom stereocenters. The molecule has 0 unspecified atom stereocenters. The van der Waals surface area contributed by atoms with Gasteiger partial charge in [0.2, 0.25) is 0 Å². The summed E-state index contributed by atoms with van der Waals surface area (Å²) in [6.07, 6.45) is 1.66. The Balaban J connectivity index is 4.04. The molecule has 0 heterocycles. The lowest BCUT2D eigenvalue weighted by Gasteiger charge is -1.89. The maximum absolute atomic E-state index is 10.9. The van der Waals surface area contributed by atoms with Crippen LogP contribution in [0.3, 0.4) is 0 Å². The number of hydrogen-bond donors (Lipinski definition) is 0. The van der Waals surface area contributed by atoms with Gasteiger partial charge in [0, 0.05) is 0 Å². The van der Waals surface area contributed by atoms with Crippen molar-refractivity contribution < 1.29 is 19.2 Å². The lowest BCUT2D eigenvalue weighted by molar-refractivity contribution is -0.125. The second-order valence-corrected chi connectivity index (χ2v) is 3.02. The van der Waals surface area contributed by atoms with Crippen molar-refractivity contribution in [1.82, 2.24) is 0 Å². The molecule has 4 nitrogen and oxygen atoms in total. The second-order valence-electron chi connectivity index (χ2n) is 3.02. The van der Waals surface area contributed by atoms with Gasteiger partial charge in [-0.25, -0.2) is 0 Å². The fourth-order valence-corrected chi connectivity index (χ4v) is 0.794. The molecule has 0 N–H and O–H groups in total. The SMILES string of the molecule is CC(=O)CC(=O)/C=C/C(=O)CC(C)=O. The van der Waals surface area contributed by atoms with Crippen molar-refractivity contribution in [2.75, 3.05) is 0 Å². The molecule has 0 bridgehead atoms. The summed E-state index contributed by atoms with van der Waals surface area (Å²) in [5, 5.41) is 0. The molecule has 0 rings (SSSR count). The third-order valence-corrected chi connectivity index (χ3v) is 1.30. The molecule has 0 amide bonds. The Kier molecular flexibility index (Phi) is 5.29. The van der Waals surface area contributed by atoms with Crippen LogP contribution in [-0.4, -0.2) is 23.1 Å². The molecule has 0 aromatic carbocycles. The van der Waals surface area contributed by atoms with Crippen LogP contribution in [0.15, 0.2) is 12.2 Å². The summed E-state index contributed by atoms with van der Waals surface area (Å²) in [5.41, 5.74) is 0. The highest BCUT2D eigenvalue weighted by Crippen LogP contribution is 1.91. The van der Waals surface area contributed by atoms with E-state index in [4.69, 9.17) is 0 Å². The van der Waals surface area contributed by atoms with Crippen LogP contribution in [0.1, 0.15) is 26.7 Å². The highest BCUT2D eigenvalue weighted by molar-refractivity contribution is 6.09. The molecule has 0 aliphatic carbocycles. The van der Waals surface area contributed by atoms with Gasteiger partial charge in [-0.2, -0.15) is 0 Å². The van der Waals surface area contributed by atoms with E-state index in [9.17, 15) is 19.2 Å². The first kappa shape index (κ1) is 12.4. The first-order valence-corrected chi connectivity index (χ1v) is 4.14. The number of hydrogen-bond acceptors (Lipinski definition) is 4. The van der Waals surface area contributed by atoms with Gasteiger partial charge in [-0.3, -0.25) is 19.2 Å². The smallest absolute Gasteiger partial charge is 0.163 e.